The monoisotopic (exact) mass is 180 g/mol. The summed E-state index contributed by atoms with van der Waals surface area (Å²) in [6.45, 7) is 1.56. The topological polar surface area (TPSA) is 9.23 Å². The molecule has 0 aromatic carbocycles. The first-order valence-corrected chi connectivity index (χ1v) is 2.91. The summed E-state index contributed by atoms with van der Waals surface area (Å²) >= 11 is 5.00. The van der Waals surface area contributed by atoms with Crippen LogP contribution < -0.4 is 0 Å². The Hall–Kier alpha value is 1.47. The summed E-state index contributed by atoms with van der Waals surface area (Å²) in [5.41, 5.74) is 0. The quantitative estimate of drug-likeness (QED) is 0.437. The van der Waals surface area contributed by atoms with Gasteiger partial charge in [0.2, 0.25) is 0 Å². The first-order valence-electron chi connectivity index (χ1n) is 2.60. The average Bonchev–Trinajstić information content (AvgIpc) is 1.59. The third-order valence-corrected chi connectivity index (χ3v) is 0.994. The number of quaternary nitrogens is 1. The maximum absolute atomic E-state index is 5.00. The number of rotatable bonds is 3. The molecule has 0 aliphatic rings. The summed E-state index contributed by atoms with van der Waals surface area (Å²) in [4.78, 5) is 0. The molecule has 2 nitrogen and oxygen atoms in total. The Morgan fingerprint density at radius 1 is 1.33 bits per heavy atom. The molecule has 0 unspecified atom stereocenters. The maximum atomic E-state index is 5.00. The first kappa shape index (κ1) is 13.1. The third kappa shape index (κ3) is 12.6. The first-order chi connectivity index (χ1) is 3.56. The van der Waals surface area contributed by atoms with E-state index < -0.39 is 0 Å². The van der Waals surface area contributed by atoms with Crippen LogP contribution in [0, 0.1) is 0 Å². The van der Waals surface area contributed by atoms with Gasteiger partial charge in [-0.1, -0.05) is 0 Å². The second-order valence-electron chi connectivity index (χ2n) is 2.83. The Labute approximate surface area is 91.9 Å². The summed E-state index contributed by atoms with van der Waals surface area (Å²) < 4.78 is 5.27. The van der Waals surface area contributed by atoms with E-state index >= 15 is 0 Å². The number of halogens is 1. The fourth-order valence-electron chi connectivity index (χ4n) is 0.308. The van der Waals surface area contributed by atoms with Crippen LogP contribution in [0.3, 0.4) is 0 Å². The van der Waals surface area contributed by atoms with E-state index in [-0.39, 0.29) is 37.7 Å². The summed E-state index contributed by atoms with van der Waals surface area (Å²) in [6.07, 6.45) is 0. The molecule has 0 aromatic rings. The molecule has 0 heterocycles. The van der Waals surface area contributed by atoms with E-state index in [4.69, 9.17) is 11.9 Å². The zero-order valence-electron chi connectivity index (χ0n) is 5.65. The van der Waals surface area contributed by atoms with Gasteiger partial charge in [-0.05, 0) is 0 Å². The van der Waals surface area contributed by atoms with Gasteiger partial charge in [0.25, 0.3) is 0 Å². The van der Waals surface area contributed by atoms with Gasteiger partial charge in [-0.2, -0.15) is 0 Å². The van der Waals surface area contributed by atoms with E-state index in [0.717, 1.165) is 11.0 Å². The molecule has 0 aliphatic carbocycles. The molecule has 0 atom stereocenters. The number of hydrogen-bond donors (Lipinski definition) is 0. The van der Waals surface area contributed by atoms with Gasteiger partial charge < -0.3 is 4.48 Å². The standard InChI is InChI=1S/C5H13ClNO.Ca.2H/c1-7(2,3)4-5-8-6;;;/h4-5H2,1-3H3;;;/q+1;;;. The zero-order chi connectivity index (χ0) is 6.62. The van der Waals surface area contributed by atoms with Crippen molar-refractivity contribution in [1.82, 2.24) is 0 Å². The van der Waals surface area contributed by atoms with Crippen LogP contribution in [-0.2, 0) is 4.29 Å². The van der Waals surface area contributed by atoms with Crippen molar-refractivity contribution in [2.75, 3.05) is 34.3 Å². The van der Waals surface area contributed by atoms with Gasteiger partial charge in [-0.3, -0.25) is 4.29 Å². The third-order valence-electron chi connectivity index (χ3n) is 0.839. The molecule has 0 aromatic heterocycles. The SMILES string of the molecule is C[N+](C)(C)CCOCl.[CaH2]. The summed E-state index contributed by atoms with van der Waals surface area (Å²) in [7, 11) is 6.28. The molecular weight excluding hydrogens is 166 g/mol. The Morgan fingerprint density at radius 2 is 1.78 bits per heavy atom. The molecular formula is C5H15CaClNO+. The van der Waals surface area contributed by atoms with Gasteiger partial charge in [0.15, 0.2) is 0 Å². The van der Waals surface area contributed by atoms with Gasteiger partial charge in [-0.25, -0.2) is 0 Å². The fraction of sp³-hybridized carbons (Fsp3) is 1.00. The molecule has 0 spiro atoms. The van der Waals surface area contributed by atoms with Crippen molar-refractivity contribution in [2.24, 2.45) is 0 Å². The Balaban J connectivity index is 0. The van der Waals surface area contributed by atoms with E-state index in [0.29, 0.717) is 6.61 Å². The van der Waals surface area contributed by atoms with Gasteiger partial charge in [0.05, 0.1) is 33.0 Å². The summed E-state index contributed by atoms with van der Waals surface area (Å²) in [5.74, 6) is 0. The molecule has 0 N–H and O–H groups in total. The van der Waals surface area contributed by atoms with Crippen LogP contribution >= 0.6 is 11.9 Å². The van der Waals surface area contributed by atoms with Crippen molar-refractivity contribution in [3.8, 4) is 0 Å². The molecule has 0 radical (unpaired) electrons. The molecule has 0 bridgehead atoms. The minimum atomic E-state index is 0. The van der Waals surface area contributed by atoms with Gasteiger partial charge >= 0.3 is 37.7 Å². The second kappa shape index (κ2) is 6.20. The van der Waals surface area contributed by atoms with E-state index in [1.54, 1.807) is 0 Å². The molecule has 0 saturated heterocycles. The Kier molecular flexibility index (Phi) is 9.01. The van der Waals surface area contributed by atoms with Crippen molar-refractivity contribution in [2.45, 2.75) is 0 Å². The summed E-state index contributed by atoms with van der Waals surface area (Å²) in [6, 6.07) is 0. The molecule has 0 rings (SSSR count). The van der Waals surface area contributed by atoms with Crippen molar-refractivity contribution in [3.63, 3.8) is 0 Å². The Morgan fingerprint density at radius 3 is 1.89 bits per heavy atom. The van der Waals surface area contributed by atoms with E-state index in [9.17, 15) is 0 Å². The number of nitrogens with zero attached hydrogens (tertiary/aromatic N) is 1. The molecule has 0 fully saturated rings. The van der Waals surface area contributed by atoms with Gasteiger partial charge in [0.1, 0.15) is 13.2 Å². The summed E-state index contributed by atoms with van der Waals surface area (Å²) in [5, 5.41) is 0. The molecule has 9 heavy (non-hydrogen) atoms. The predicted molar refractivity (Wildman–Crippen MR) is 43.2 cm³/mol. The van der Waals surface area contributed by atoms with Gasteiger partial charge in [0, 0.05) is 0 Å². The Bertz CT molecular complexity index is 64.5. The van der Waals surface area contributed by atoms with E-state index in [1.165, 1.54) is 0 Å². The second-order valence-corrected chi connectivity index (χ2v) is 3.05. The zero-order valence-corrected chi connectivity index (χ0v) is 6.40. The van der Waals surface area contributed by atoms with Crippen LogP contribution in [0.2, 0.25) is 0 Å². The van der Waals surface area contributed by atoms with Crippen molar-refractivity contribution in [3.05, 3.63) is 0 Å². The van der Waals surface area contributed by atoms with Crippen molar-refractivity contribution >= 4 is 49.6 Å². The van der Waals surface area contributed by atoms with Crippen molar-refractivity contribution < 1.29 is 8.77 Å². The molecule has 0 amide bonds. The molecule has 0 aliphatic heterocycles. The number of hydrogen-bond acceptors (Lipinski definition) is 1. The van der Waals surface area contributed by atoms with Crippen molar-refractivity contribution in [1.29, 1.82) is 0 Å². The molecule has 0 saturated carbocycles. The van der Waals surface area contributed by atoms with E-state index in [2.05, 4.69) is 25.4 Å². The minimum absolute atomic E-state index is 0. The van der Waals surface area contributed by atoms with Crippen LogP contribution in [0.4, 0.5) is 0 Å². The fourth-order valence-corrected chi connectivity index (χ4v) is 0.377. The molecule has 4 heteroatoms. The van der Waals surface area contributed by atoms with Crippen LogP contribution in [-0.4, -0.2) is 76.5 Å². The molecule has 54 valence electrons. The predicted octanol–water partition coefficient (Wildman–Crippen LogP) is -0.0532. The van der Waals surface area contributed by atoms with Crippen LogP contribution in [0.5, 0.6) is 0 Å². The van der Waals surface area contributed by atoms with Crippen LogP contribution in [0.25, 0.3) is 0 Å². The van der Waals surface area contributed by atoms with E-state index in [1.807, 2.05) is 0 Å². The number of likely N-dealkylation sites (N-methyl/N-ethyl adjacent to an activating group) is 1. The average molecular weight is 181 g/mol. The van der Waals surface area contributed by atoms with Crippen LogP contribution in [0.1, 0.15) is 0 Å². The normalized spacial score (nSPS) is 10.7. The van der Waals surface area contributed by atoms with Gasteiger partial charge in [-0.15, -0.1) is 0 Å². The van der Waals surface area contributed by atoms with Crippen LogP contribution in [0.15, 0.2) is 0 Å².